The molecule has 0 aliphatic rings. The molecule has 0 bridgehead atoms. The molecule has 2 aromatic rings. The van der Waals surface area contributed by atoms with Crippen molar-refractivity contribution in [2.24, 2.45) is 5.73 Å². The number of nitrogens with zero attached hydrogens (tertiary/aromatic N) is 1. The third-order valence-corrected chi connectivity index (χ3v) is 4.47. The fraction of sp³-hybridized carbons (Fsp3) is 0.286. The van der Waals surface area contributed by atoms with Crippen molar-refractivity contribution in [3.8, 4) is 0 Å². The maximum Gasteiger partial charge on any atom is 0.312 e. The van der Waals surface area contributed by atoms with Crippen LogP contribution < -0.4 is 26.8 Å². The summed E-state index contributed by atoms with van der Waals surface area (Å²) in [4.78, 5) is 38.2. The van der Waals surface area contributed by atoms with Crippen LogP contribution in [0.15, 0.2) is 54.6 Å². The smallest absolute Gasteiger partial charge is 0.312 e. The molecule has 0 radical (unpaired) electrons. The van der Waals surface area contributed by atoms with Crippen LogP contribution in [-0.2, 0) is 11.2 Å². The molecule has 0 aliphatic carbocycles. The molecule has 0 fully saturated rings. The van der Waals surface area contributed by atoms with E-state index in [1.165, 1.54) is 0 Å². The molecule has 8 nitrogen and oxygen atoms in total. The highest BCUT2D eigenvalue weighted by Crippen LogP contribution is 2.14. The fourth-order valence-corrected chi connectivity index (χ4v) is 2.92. The molecular formula is C21H27N5O3. The van der Waals surface area contributed by atoms with Crippen molar-refractivity contribution in [3.63, 3.8) is 0 Å². The van der Waals surface area contributed by atoms with Crippen LogP contribution in [0.1, 0.15) is 29.8 Å². The van der Waals surface area contributed by atoms with Crippen molar-refractivity contribution < 1.29 is 14.4 Å². The topological polar surface area (TPSA) is 117 Å². The highest BCUT2D eigenvalue weighted by Gasteiger charge is 2.21. The Hall–Kier alpha value is -3.55. The highest BCUT2D eigenvalue weighted by molar-refractivity contribution is 5.96. The van der Waals surface area contributed by atoms with E-state index in [4.69, 9.17) is 5.73 Å². The van der Waals surface area contributed by atoms with Gasteiger partial charge in [0.1, 0.15) is 6.04 Å². The molecule has 0 spiro atoms. The van der Waals surface area contributed by atoms with E-state index < -0.39 is 23.9 Å². The Morgan fingerprint density at radius 1 is 0.931 bits per heavy atom. The number of hydrogen-bond donors (Lipinski definition) is 4. The van der Waals surface area contributed by atoms with Crippen LogP contribution in [0.5, 0.6) is 0 Å². The number of amides is 4. The summed E-state index contributed by atoms with van der Waals surface area (Å²) < 4.78 is 0. The highest BCUT2D eigenvalue weighted by atomic mass is 16.2. The number of rotatable bonds is 8. The summed E-state index contributed by atoms with van der Waals surface area (Å²) in [5.41, 5.74) is 12.2. The van der Waals surface area contributed by atoms with E-state index in [-0.39, 0.29) is 6.42 Å². The molecule has 0 saturated heterocycles. The van der Waals surface area contributed by atoms with Gasteiger partial charge in [0.05, 0.1) is 0 Å². The van der Waals surface area contributed by atoms with Crippen LogP contribution in [0.3, 0.4) is 0 Å². The summed E-state index contributed by atoms with van der Waals surface area (Å²) in [5.74, 6) is -1.03. The average molecular weight is 397 g/mol. The lowest BCUT2D eigenvalue weighted by molar-refractivity contribution is -0.123. The summed E-state index contributed by atoms with van der Waals surface area (Å²) in [6.45, 7) is 5.86. The Labute approximate surface area is 170 Å². The molecule has 1 unspecified atom stereocenters. The Balaban J connectivity index is 1.97. The Kier molecular flexibility index (Phi) is 8.02. The zero-order chi connectivity index (χ0) is 21.2. The second kappa shape index (κ2) is 10.7. The van der Waals surface area contributed by atoms with Crippen molar-refractivity contribution in [1.82, 2.24) is 16.2 Å². The third kappa shape index (κ3) is 6.53. The van der Waals surface area contributed by atoms with Crippen LogP contribution in [0, 0.1) is 0 Å². The largest absolute Gasteiger partial charge is 0.372 e. The number of primary amides is 1. The summed E-state index contributed by atoms with van der Waals surface area (Å²) in [6, 6.07) is 14.5. The summed E-state index contributed by atoms with van der Waals surface area (Å²) >= 11 is 0. The first-order chi connectivity index (χ1) is 13.9. The van der Waals surface area contributed by atoms with E-state index in [9.17, 15) is 14.4 Å². The molecule has 0 aliphatic heterocycles. The fourth-order valence-electron chi connectivity index (χ4n) is 2.92. The lowest BCUT2D eigenvalue weighted by atomic mass is 10.1. The quantitative estimate of drug-likeness (QED) is 0.506. The standard InChI is InChI=1S/C21H27N5O3/c1-3-26(4-2)17-12-10-16(11-13-17)19(27)24-25-20(28)18(23-21(22)29)14-15-8-6-5-7-9-15/h5-13,18H,3-4,14H2,1-2H3,(H,24,27)(H,25,28)(H3,22,23,29). The van der Waals surface area contributed by atoms with Crippen LogP contribution in [0.4, 0.5) is 10.5 Å². The van der Waals surface area contributed by atoms with Gasteiger partial charge in [-0.3, -0.25) is 20.4 Å². The molecule has 8 heteroatoms. The van der Waals surface area contributed by atoms with Gasteiger partial charge in [-0.05, 0) is 43.7 Å². The van der Waals surface area contributed by atoms with Crippen LogP contribution in [-0.4, -0.2) is 37.0 Å². The van der Waals surface area contributed by atoms with Gasteiger partial charge in [-0.2, -0.15) is 0 Å². The lowest BCUT2D eigenvalue weighted by Gasteiger charge is -2.21. The van der Waals surface area contributed by atoms with Crippen LogP contribution in [0.2, 0.25) is 0 Å². The molecular weight excluding hydrogens is 370 g/mol. The number of carbonyl (C=O) groups is 3. The zero-order valence-electron chi connectivity index (χ0n) is 16.6. The number of urea groups is 1. The minimum Gasteiger partial charge on any atom is -0.372 e. The number of carbonyl (C=O) groups excluding carboxylic acids is 3. The molecule has 0 heterocycles. The minimum atomic E-state index is -0.916. The SMILES string of the molecule is CCN(CC)c1ccc(C(=O)NNC(=O)C(Cc2ccccc2)NC(N)=O)cc1. The molecule has 5 N–H and O–H groups in total. The maximum atomic E-state index is 12.4. The second-order valence-corrected chi connectivity index (χ2v) is 6.41. The molecule has 2 aromatic carbocycles. The molecule has 154 valence electrons. The van der Waals surface area contributed by atoms with Gasteiger partial charge in [0.15, 0.2) is 0 Å². The monoisotopic (exact) mass is 397 g/mol. The molecule has 29 heavy (non-hydrogen) atoms. The van der Waals surface area contributed by atoms with Crippen molar-refractivity contribution >= 4 is 23.5 Å². The summed E-state index contributed by atoms with van der Waals surface area (Å²) in [6.07, 6.45) is 0.240. The number of hydrazine groups is 1. The first-order valence-electron chi connectivity index (χ1n) is 9.49. The predicted octanol–water partition coefficient (Wildman–Crippen LogP) is 1.57. The summed E-state index contributed by atoms with van der Waals surface area (Å²) in [7, 11) is 0. The number of anilines is 1. The van der Waals surface area contributed by atoms with Gasteiger partial charge < -0.3 is 16.0 Å². The molecule has 1 atom stereocenters. The number of hydrogen-bond acceptors (Lipinski definition) is 4. The van der Waals surface area contributed by atoms with E-state index >= 15 is 0 Å². The first kappa shape index (κ1) is 21.7. The van der Waals surface area contributed by atoms with Crippen molar-refractivity contribution in [2.45, 2.75) is 26.3 Å². The van der Waals surface area contributed by atoms with E-state index in [0.29, 0.717) is 5.56 Å². The number of benzene rings is 2. The minimum absolute atomic E-state index is 0.240. The van der Waals surface area contributed by atoms with Gasteiger partial charge in [-0.1, -0.05) is 30.3 Å². The third-order valence-electron chi connectivity index (χ3n) is 4.47. The van der Waals surface area contributed by atoms with Gasteiger partial charge in [-0.25, -0.2) is 4.79 Å². The van der Waals surface area contributed by atoms with E-state index in [1.54, 1.807) is 12.1 Å². The first-order valence-corrected chi connectivity index (χ1v) is 9.49. The van der Waals surface area contributed by atoms with Crippen LogP contribution >= 0.6 is 0 Å². The van der Waals surface area contributed by atoms with Gasteiger partial charge in [0.2, 0.25) is 0 Å². The number of nitrogens with one attached hydrogen (secondary N) is 3. The van der Waals surface area contributed by atoms with Crippen LogP contribution in [0.25, 0.3) is 0 Å². The van der Waals surface area contributed by atoms with E-state index in [0.717, 1.165) is 24.3 Å². The number of nitrogens with two attached hydrogens (primary N) is 1. The van der Waals surface area contributed by atoms with Crippen molar-refractivity contribution in [1.29, 1.82) is 0 Å². The van der Waals surface area contributed by atoms with Gasteiger partial charge in [0.25, 0.3) is 11.8 Å². The maximum absolute atomic E-state index is 12.4. The Morgan fingerprint density at radius 2 is 1.55 bits per heavy atom. The molecule has 2 rings (SSSR count). The molecule has 0 aromatic heterocycles. The van der Waals surface area contributed by atoms with Crippen molar-refractivity contribution in [3.05, 3.63) is 65.7 Å². The Bertz CT molecular complexity index is 820. The van der Waals surface area contributed by atoms with Crippen molar-refractivity contribution in [2.75, 3.05) is 18.0 Å². The van der Waals surface area contributed by atoms with E-state index in [1.807, 2.05) is 42.5 Å². The molecule has 0 saturated carbocycles. The normalized spacial score (nSPS) is 11.2. The predicted molar refractivity (Wildman–Crippen MR) is 112 cm³/mol. The summed E-state index contributed by atoms with van der Waals surface area (Å²) in [5, 5.41) is 2.39. The van der Waals surface area contributed by atoms with Gasteiger partial charge >= 0.3 is 6.03 Å². The average Bonchev–Trinajstić information content (AvgIpc) is 2.73. The zero-order valence-corrected chi connectivity index (χ0v) is 16.6. The second-order valence-electron chi connectivity index (χ2n) is 6.41. The van der Waals surface area contributed by atoms with Gasteiger partial charge in [-0.15, -0.1) is 0 Å². The lowest BCUT2D eigenvalue weighted by Crippen LogP contribution is -2.54. The van der Waals surface area contributed by atoms with E-state index in [2.05, 4.69) is 34.9 Å². The Morgan fingerprint density at radius 3 is 2.10 bits per heavy atom. The molecule has 4 amide bonds. The van der Waals surface area contributed by atoms with Gasteiger partial charge in [0, 0.05) is 30.8 Å².